The molecule has 6 rings (SSSR count). The molecule has 0 aliphatic carbocycles. The molecule has 0 spiro atoms. The third kappa shape index (κ3) is 5.86. The molecule has 3 N–H and O–H groups in total. The molecule has 206 valence electrons. The van der Waals surface area contributed by atoms with Crippen LogP contribution in [0.25, 0.3) is 49.4 Å². The van der Waals surface area contributed by atoms with Crippen molar-refractivity contribution in [1.29, 1.82) is 5.41 Å². The van der Waals surface area contributed by atoms with Crippen molar-refractivity contribution in [1.82, 2.24) is 4.57 Å². The smallest absolute Gasteiger partial charge is 0.0619 e. The van der Waals surface area contributed by atoms with Crippen LogP contribution >= 0.6 is 0 Å². The Morgan fingerprint density at radius 1 is 0.762 bits per heavy atom. The topological polar surface area (TPSA) is 54.8 Å². The Kier molecular flexibility index (Phi) is 8.91. The Labute approximate surface area is 247 Å². The van der Waals surface area contributed by atoms with Crippen LogP contribution in [-0.4, -0.2) is 10.3 Å². The van der Waals surface area contributed by atoms with Crippen molar-refractivity contribution in [2.45, 2.75) is 13.3 Å². The Bertz CT molecular complexity index is 1950. The second-order valence-corrected chi connectivity index (χ2v) is 9.90. The molecule has 0 saturated heterocycles. The van der Waals surface area contributed by atoms with Crippen LogP contribution < -0.4 is 5.73 Å². The van der Waals surface area contributed by atoms with Gasteiger partial charge in [0.25, 0.3) is 0 Å². The lowest BCUT2D eigenvalue weighted by atomic mass is 9.97. The van der Waals surface area contributed by atoms with Crippen molar-refractivity contribution in [3.63, 3.8) is 0 Å². The molecule has 0 fully saturated rings. The number of nitrogens with zero attached hydrogens (tertiary/aromatic N) is 1. The lowest BCUT2D eigenvalue weighted by Gasteiger charge is -2.11. The minimum Gasteiger partial charge on any atom is -0.405 e. The number of fused-ring (bicyclic) bond motifs is 5. The van der Waals surface area contributed by atoms with Crippen LogP contribution in [0.2, 0.25) is 0 Å². The summed E-state index contributed by atoms with van der Waals surface area (Å²) >= 11 is 0. The molecular formula is C39H35N3. The second-order valence-electron chi connectivity index (χ2n) is 9.90. The van der Waals surface area contributed by atoms with E-state index in [0.29, 0.717) is 5.71 Å². The van der Waals surface area contributed by atoms with Gasteiger partial charge in [-0.25, -0.2) is 0 Å². The minimum absolute atomic E-state index is 0.474. The first kappa shape index (κ1) is 28.1. The Morgan fingerprint density at radius 2 is 1.52 bits per heavy atom. The largest absolute Gasteiger partial charge is 0.405 e. The Balaban J connectivity index is 0.000000451. The number of allylic oxidation sites excluding steroid dienone is 6. The highest BCUT2D eigenvalue weighted by Gasteiger charge is 2.15. The highest BCUT2D eigenvalue weighted by Crippen LogP contribution is 2.37. The van der Waals surface area contributed by atoms with Crippen molar-refractivity contribution in [2.24, 2.45) is 5.73 Å². The van der Waals surface area contributed by atoms with E-state index in [9.17, 15) is 0 Å². The van der Waals surface area contributed by atoms with Gasteiger partial charge in [0.15, 0.2) is 0 Å². The summed E-state index contributed by atoms with van der Waals surface area (Å²) in [5.41, 5.74) is 12.2. The molecule has 5 aromatic carbocycles. The van der Waals surface area contributed by atoms with Crippen molar-refractivity contribution in [2.75, 3.05) is 0 Å². The maximum Gasteiger partial charge on any atom is 0.0619 e. The van der Waals surface area contributed by atoms with E-state index < -0.39 is 0 Å². The summed E-state index contributed by atoms with van der Waals surface area (Å²) < 4.78 is 2.38. The van der Waals surface area contributed by atoms with Gasteiger partial charge in [-0.05, 0) is 77.2 Å². The predicted molar refractivity (Wildman–Crippen MR) is 183 cm³/mol. The second kappa shape index (κ2) is 13.3. The number of rotatable bonds is 7. The summed E-state index contributed by atoms with van der Waals surface area (Å²) in [5.74, 6) is 0. The number of nitrogens with one attached hydrogen (secondary N) is 1. The summed E-state index contributed by atoms with van der Waals surface area (Å²) in [7, 11) is 0. The predicted octanol–water partition coefficient (Wildman–Crippen LogP) is 10.1. The zero-order valence-electron chi connectivity index (χ0n) is 23.9. The lowest BCUT2D eigenvalue weighted by molar-refractivity contribution is 1.19. The standard InChI is InChI=1S/C33H24N2.C6H11N/c1-2-3-15-31(34)26-11-9-10-23(22-26)24-17-19-28-25(21-24)18-20-30-29-14-7-8-16-32(29)35(33(28)30)27-12-5-4-6-13-27;1-2-3-4-5-6-7/h2-22,34H,1H2;3-6H,2,7H2,1H3/b15-3-,34-31?;4-3-,6-5-. The fraction of sp³-hybridized carbons (Fsp3) is 0.0513. The van der Waals surface area contributed by atoms with Gasteiger partial charge in [0.1, 0.15) is 0 Å². The molecule has 0 atom stereocenters. The quantitative estimate of drug-likeness (QED) is 0.152. The van der Waals surface area contributed by atoms with Crippen LogP contribution in [0.3, 0.4) is 0 Å². The first-order valence-corrected chi connectivity index (χ1v) is 14.2. The molecule has 6 aromatic rings. The minimum atomic E-state index is 0.474. The van der Waals surface area contributed by atoms with E-state index in [0.717, 1.165) is 28.8 Å². The Hall–Kier alpha value is -5.41. The molecule has 0 aliphatic heterocycles. The number of benzene rings is 5. The third-order valence-electron chi connectivity index (χ3n) is 7.16. The molecule has 0 aliphatic rings. The zero-order chi connectivity index (χ0) is 29.3. The van der Waals surface area contributed by atoms with Crippen molar-refractivity contribution >= 4 is 38.3 Å². The van der Waals surface area contributed by atoms with Gasteiger partial charge in [-0.15, -0.1) is 0 Å². The van der Waals surface area contributed by atoms with E-state index in [1.807, 2.05) is 30.4 Å². The van der Waals surface area contributed by atoms with Crippen LogP contribution in [0, 0.1) is 5.41 Å². The van der Waals surface area contributed by atoms with E-state index in [1.165, 1.54) is 38.8 Å². The fourth-order valence-corrected chi connectivity index (χ4v) is 5.22. The van der Waals surface area contributed by atoms with E-state index in [-0.39, 0.29) is 0 Å². The van der Waals surface area contributed by atoms with E-state index >= 15 is 0 Å². The highest BCUT2D eigenvalue weighted by molar-refractivity contribution is 6.19. The van der Waals surface area contributed by atoms with Crippen molar-refractivity contribution in [3.05, 3.63) is 164 Å². The first-order valence-electron chi connectivity index (χ1n) is 14.2. The normalized spacial score (nSPS) is 11.5. The van der Waals surface area contributed by atoms with Gasteiger partial charge in [0, 0.05) is 21.8 Å². The molecular weight excluding hydrogens is 510 g/mol. The number of para-hydroxylation sites is 2. The number of hydrogen-bond acceptors (Lipinski definition) is 2. The first-order chi connectivity index (χ1) is 20.7. The van der Waals surface area contributed by atoms with Crippen LogP contribution in [0.15, 0.2) is 158 Å². The highest BCUT2D eigenvalue weighted by atomic mass is 15.0. The molecule has 0 bridgehead atoms. The third-order valence-corrected chi connectivity index (χ3v) is 7.16. The lowest BCUT2D eigenvalue weighted by Crippen LogP contribution is -1.95. The summed E-state index contributed by atoms with van der Waals surface area (Å²) in [6.45, 7) is 5.78. The van der Waals surface area contributed by atoms with Gasteiger partial charge in [-0.1, -0.05) is 117 Å². The average Bonchev–Trinajstić information content (AvgIpc) is 3.39. The molecule has 0 unspecified atom stereocenters. The van der Waals surface area contributed by atoms with Gasteiger partial charge >= 0.3 is 0 Å². The van der Waals surface area contributed by atoms with Crippen molar-refractivity contribution in [3.8, 4) is 16.8 Å². The molecule has 1 aromatic heterocycles. The fourth-order valence-electron chi connectivity index (χ4n) is 5.22. The van der Waals surface area contributed by atoms with E-state index in [4.69, 9.17) is 11.1 Å². The number of hydrogen-bond donors (Lipinski definition) is 2. The van der Waals surface area contributed by atoms with Crippen LogP contribution in [0.5, 0.6) is 0 Å². The molecule has 0 radical (unpaired) electrons. The van der Waals surface area contributed by atoms with E-state index in [2.05, 4.69) is 115 Å². The van der Waals surface area contributed by atoms with E-state index in [1.54, 1.807) is 18.2 Å². The van der Waals surface area contributed by atoms with Gasteiger partial charge in [-0.2, -0.15) is 0 Å². The number of nitrogens with two attached hydrogens (primary N) is 1. The summed E-state index contributed by atoms with van der Waals surface area (Å²) in [6.07, 6.45) is 13.6. The summed E-state index contributed by atoms with van der Waals surface area (Å²) in [4.78, 5) is 0. The monoisotopic (exact) mass is 545 g/mol. The SMILES string of the molecule is C=C/C=C\C(=N)c1cccc(-c2ccc3c(ccc4c5ccccc5n(-c5ccccc5)c34)c2)c1.CC/C=C\C=C/N. The van der Waals surface area contributed by atoms with Crippen molar-refractivity contribution < 1.29 is 0 Å². The van der Waals surface area contributed by atoms with Crippen LogP contribution in [0.1, 0.15) is 18.9 Å². The number of aromatic nitrogens is 1. The van der Waals surface area contributed by atoms with Gasteiger partial charge < -0.3 is 15.7 Å². The molecule has 3 heteroatoms. The maximum absolute atomic E-state index is 8.33. The molecule has 0 saturated carbocycles. The summed E-state index contributed by atoms with van der Waals surface area (Å²) in [6, 6.07) is 38.5. The van der Waals surface area contributed by atoms with Gasteiger partial charge in [0.05, 0.1) is 16.7 Å². The zero-order valence-corrected chi connectivity index (χ0v) is 23.9. The Morgan fingerprint density at radius 3 is 2.31 bits per heavy atom. The summed E-state index contributed by atoms with van der Waals surface area (Å²) in [5, 5.41) is 13.3. The van der Waals surface area contributed by atoms with Gasteiger partial charge in [0.2, 0.25) is 0 Å². The molecule has 42 heavy (non-hydrogen) atoms. The van der Waals surface area contributed by atoms with Gasteiger partial charge in [-0.3, -0.25) is 0 Å². The van der Waals surface area contributed by atoms with Crippen LogP contribution in [0.4, 0.5) is 0 Å². The maximum atomic E-state index is 8.33. The molecule has 0 amide bonds. The molecule has 1 heterocycles. The average molecular weight is 546 g/mol. The molecule has 3 nitrogen and oxygen atoms in total. The van der Waals surface area contributed by atoms with Crippen LogP contribution in [-0.2, 0) is 0 Å².